The van der Waals surface area contributed by atoms with Crippen molar-refractivity contribution in [2.75, 3.05) is 19.9 Å². The molecule has 0 bridgehead atoms. The van der Waals surface area contributed by atoms with Crippen LogP contribution in [0.5, 0.6) is 11.5 Å². The number of imide groups is 1. The molecule has 1 fully saturated rings. The molecular formula is C23H19N5O5S. The van der Waals surface area contributed by atoms with Crippen molar-refractivity contribution in [1.82, 2.24) is 25.0 Å². The Kier molecular flexibility index (Phi) is 5.76. The number of hydrogen-bond acceptors (Lipinski definition) is 8. The maximum atomic E-state index is 12.7. The van der Waals surface area contributed by atoms with E-state index in [1.165, 1.54) is 6.20 Å². The summed E-state index contributed by atoms with van der Waals surface area (Å²) in [5, 5.41) is 6.60. The fourth-order valence-electron chi connectivity index (χ4n) is 3.57. The molecule has 3 amide bonds. The van der Waals surface area contributed by atoms with Crippen LogP contribution in [0.25, 0.3) is 11.9 Å². The third-order valence-electron chi connectivity index (χ3n) is 5.31. The van der Waals surface area contributed by atoms with Crippen LogP contribution in [0.4, 0.5) is 4.79 Å². The Hall–Kier alpha value is -4.12. The van der Waals surface area contributed by atoms with Gasteiger partial charge in [-0.1, -0.05) is 12.1 Å². The van der Waals surface area contributed by atoms with E-state index in [1.54, 1.807) is 54.2 Å². The Morgan fingerprint density at radius 1 is 1.21 bits per heavy atom. The lowest BCUT2D eigenvalue weighted by atomic mass is 10.2. The lowest BCUT2D eigenvalue weighted by Gasteiger charge is -2.13. The van der Waals surface area contributed by atoms with Crippen LogP contribution in [0, 0.1) is 6.92 Å². The molecule has 11 heteroatoms. The van der Waals surface area contributed by atoms with E-state index < -0.39 is 5.91 Å². The van der Waals surface area contributed by atoms with Gasteiger partial charge < -0.3 is 14.8 Å². The Labute approximate surface area is 198 Å². The second-order valence-electron chi connectivity index (χ2n) is 7.45. The standard InChI is InChI=1S/C23H19N5O5S/c1-14-16(12-26-28(14)20-4-2-3-7-24-20)21(29)25-8-9-27-22(30)19(34-23(27)31)11-15-5-6-17-18(10-15)33-13-32-17/h2-7,10-12H,8-9,13H2,1H3,(H,25,29)/b19-11-. The molecule has 2 aromatic heterocycles. The highest BCUT2D eigenvalue weighted by Gasteiger charge is 2.34. The predicted molar refractivity (Wildman–Crippen MR) is 124 cm³/mol. The highest BCUT2D eigenvalue weighted by molar-refractivity contribution is 8.18. The van der Waals surface area contributed by atoms with Crippen LogP contribution >= 0.6 is 11.8 Å². The summed E-state index contributed by atoms with van der Waals surface area (Å²) in [4.78, 5) is 43.4. The van der Waals surface area contributed by atoms with E-state index in [9.17, 15) is 14.4 Å². The first-order chi connectivity index (χ1) is 16.5. The normalized spacial score (nSPS) is 15.9. The third kappa shape index (κ3) is 4.13. The number of fused-ring (bicyclic) bond motifs is 1. The number of nitrogens with one attached hydrogen (secondary N) is 1. The van der Waals surface area contributed by atoms with Crippen molar-refractivity contribution in [3.8, 4) is 17.3 Å². The van der Waals surface area contributed by atoms with Gasteiger partial charge >= 0.3 is 0 Å². The molecule has 1 N–H and O–H groups in total. The number of pyridine rings is 1. The number of ether oxygens (including phenoxy) is 2. The highest BCUT2D eigenvalue weighted by Crippen LogP contribution is 2.36. The minimum absolute atomic E-state index is 0.0578. The molecule has 3 aromatic rings. The van der Waals surface area contributed by atoms with E-state index in [1.807, 2.05) is 6.07 Å². The number of hydrogen-bond donors (Lipinski definition) is 1. The van der Waals surface area contributed by atoms with Gasteiger partial charge in [0, 0.05) is 19.3 Å². The zero-order chi connectivity index (χ0) is 23.7. The summed E-state index contributed by atoms with van der Waals surface area (Å²) in [6.45, 7) is 2.10. The maximum Gasteiger partial charge on any atom is 0.293 e. The van der Waals surface area contributed by atoms with Crippen LogP contribution in [0.3, 0.4) is 0 Å². The summed E-state index contributed by atoms with van der Waals surface area (Å²) in [7, 11) is 0. The molecule has 172 valence electrons. The lowest BCUT2D eigenvalue weighted by molar-refractivity contribution is -0.122. The first kappa shape index (κ1) is 21.7. The number of aromatic nitrogens is 3. The molecule has 0 radical (unpaired) electrons. The van der Waals surface area contributed by atoms with Gasteiger partial charge in [0.2, 0.25) is 6.79 Å². The van der Waals surface area contributed by atoms with Crippen LogP contribution in [0.15, 0.2) is 53.7 Å². The predicted octanol–water partition coefficient (Wildman–Crippen LogP) is 2.77. The van der Waals surface area contributed by atoms with Crippen LogP contribution in [-0.4, -0.2) is 56.6 Å². The van der Waals surface area contributed by atoms with Gasteiger partial charge in [-0.3, -0.25) is 19.3 Å². The molecule has 10 nitrogen and oxygen atoms in total. The van der Waals surface area contributed by atoms with Gasteiger partial charge in [-0.2, -0.15) is 5.10 Å². The van der Waals surface area contributed by atoms with Crippen molar-refractivity contribution in [3.05, 3.63) is 70.5 Å². The molecule has 34 heavy (non-hydrogen) atoms. The summed E-state index contributed by atoms with van der Waals surface area (Å²) in [5.41, 5.74) is 1.75. The van der Waals surface area contributed by atoms with Gasteiger partial charge in [0.15, 0.2) is 17.3 Å². The minimum atomic E-state index is -0.402. The fourth-order valence-corrected chi connectivity index (χ4v) is 4.43. The van der Waals surface area contributed by atoms with Crippen LogP contribution in [0.2, 0.25) is 0 Å². The Morgan fingerprint density at radius 2 is 2.06 bits per heavy atom. The minimum Gasteiger partial charge on any atom is -0.454 e. The molecule has 0 saturated carbocycles. The molecule has 0 atom stereocenters. The quantitative estimate of drug-likeness (QED) is 0.539. The Morgan fingerprint density at radius 3 is 2.88 bits per heavy atom. The lowest BCUT2D eigenvalue weighted by Crippen LogP contribution is -2.37. The average Bonchev–Trinajstić information content (AvgIpc) is 3.53. The van der Waals surface area contributed by atoms with Gasteiger partial charge in [-0.25, -0.2) is 9.67 Å². The number of rotatable bonds is 6. The molecule has 4 heterocycles. The second-order valence-corrected chi connectivity index (χ2v) is 8.44. The molecule has 1 aromatic carbocycles. The third-order valence-corrected chi connectivity index (χ3v) is 6.22. The number of carbonyl (C=O) groups excluding carboxylic acids is 3. The van der Waals surface area contributed by atoms with E-state index in [0.29, 0.717) is 33.5 Å². The SMILES string of the molecule is Cc1c(C(=O)NCCN2C(=O)S/C(=C\c3ccc4c(c3)OCO4)C2=O)cnn1-c1ccccn1. The summed E-state index contributed by atoms with van der Waals surface area (Å²) in [6, 6.07) is 10.7. The van der Waals surface area contributed by atoms with Crippen molar-refractivity contribution in [2.24, 2.45) is 0 Å². The maximum absolute atomic E-state index is 12.7. The number of carbonyl (C=O) groups is 3. The molecular weight excluding hydrogens is 458 g/mol. The van der Waals surface area contributed by atoms with Gasteiger partial charge in [0.1, 0.15) is 0 Å². The average molecular weight is 478 g/mol. The van der Waals surface area contributed by atoms with Crippen molar-refractivity contribution < 1.29 is 23.9 Å². The van der Waals surface area contributed by atoms with Crippen LogP contribution in [-0.2, 0) is 4.79 Å². The smallest absolute Gasteiger partial charge is 0.293 e. The first-order valence-electron chi connectivity index (χ1n) is 10.4. The second kappa shape index (κ2) is 9.02. The van der Waals surface area contributed by atoms with Gasteiger partial charge in [-0.15, -0.1) is 0 Å². The first-order valence-corrected chi connectivity index (χ1v) is 11.2. The van der Waals surface area contributed by atoms with E-state index in [4.69, 9.17) is 9.47 Å². The van der Waals surface area contributed by atoms with E-state index >= 15 is 0 Å². The van der Waals surface area contributed by atoms with E-state index in [2.05, 4.69) is 15.4 Å². The summed E-state index contributed by atoms with van der Waals surface area (Å²) >= 11 is 0.862. The number of nitrogens with zero attached hydrogens (tertiary/aromatic N) is 4. The van der Waals surface area contributed by atoms with Crippen molar-refractivity contribution in [3.63, 3.8) is 0 Å². The topological polar surface area (TPSA) is 116 Å². The Bertz CT molecular complexity index is 1320. The largest absolute Gasteiger partial charge is 0.454 e. The van der Waals surface area contributed by atoms with Gasteiger partial charge in [-0.05, 0) is 54.6 Å². The highest BCUT2D eigenvalue weighted by atomic mass is 32.2. The van der Waals surface area contributed by atoms with E-state index in [-0.39, 0.29) is 31.0 Å². The van der Waals surface area contributed by atoms with Crippen LogP contribution in [0.1, 0.15) is 21.6 Å². The van der Waals surface area contributed by atoms with Crippen LogP contribution < -0.4 is 14.8 Å². The molecule has 0 spiro atoms. The van der Waals surface area contributed by atoms with Crippen molar-refractivity contribution in [1.29, 1.82) is 0 Å². The Balaban J connectivity index is 1.20. The number of thioether (sulfide) groups is 1. The zero-order valence-electron chi connectivity index (χ0n) is 18.1. The van der Waals surface area contributed by atoms with Gasteiger partial charge in [0.25, 0.3) is 17.1 Å². The van der Waals surface area contributed by atoms with Crippen molar-refractivity contribution >= 4 is 34.9 Å². The molecule has 0 unspecified atom stereocenters. The number of amides is 3. The molecule has 2 aliphatic rings. The molecule has 5 rings (SSSR count). The van der Waals surface area contributed by atoms with Crippen molar-refractivity contribution in [2.45, 2.75) is 6.92 Å². The summed E-state index contributed by atoms with van der Waals surface area (Å²) in [5.74, 6) is 1.09. The van der Waals surface area contributed by atoms with E-state index in [0.717, 1.165) is 22.2 Å². The molecule has 0 aliphatic carbocycles. The summed E-state index contributed by atoms with van der Waals surface area (Å²) in [6.07, 6.45) is 4.75. The van der Waals surface area contributed by atoms with Gasteiger partial charge in [0.05, 0.1) is 22.4 Å². The monoisotopic (exact) mass is 477 g/mol. The molecule has 1 saturated heterocycles. The molecule has 2 aliphatic heterocycles. The summed E-state index contributed by atoms with van der Waals surface area (Å²) < 4.78 is 12.2. The zero-order valence-corrected chi connectivity index (χ0v) is 18.9. The fraction of sp³-hybridized carbons (Fsp3) is 0.174. The number of benzene rings is 1.